The van der Waals surface area contributed by atoms with Gasteiger partial charge in [-0.2, -0.15) is 0 Å². The second-order valence-corrected chi connectivity index (χ2v) is 10.6. The molecule has 1 aromatic carbocycles. The Morgan fingerprint density at radius 2 is 1.68 bits per heavy atom. The van der Waals surface area contributed by atoms with E-state index in [1.807, 2.05) is 49.6 Å². The Morgan fingerprint density at radius 1 is 1.00 bits per heavy atom. The van der Waals surface area contributed by atoms with Crippen LogP contribution in [-0.2, 0) is 32.2 Å². The summed E-state index contributed by atoms with van der Waals surface area (Å²) >= 11 is 0. The Hall–Kier alpha value is -3.93. The number of ether oxygens (including phenoxy) is 2. The zero-order chi connectivity index (χ0) is 28.1. The first-order valence-electron chi connectivity index (χ1n) is 12.5. The van der Waals surface area contributed by atoms with Crippen molar-refractivity contribution >= 4 is 45.7 Å². The minimum Gasteiger partial charge on any atom is -0.443 e. The number of rotatable bonds is 9. The normalized spacial score (nSPS) is 11.9. The van der Waals surface area contributed by atoms with E-state index in [2.05, 4.69) is 21.2 Å². The molecule has 206 valence electrons. The third kappa shape index (κ3) is 7.54. The molecule has 38 heavy (non-hydrogen) atoms. The summed E-state index contributed by atoms with van der Waals surface area (Å²) in [7, 11) is 0. The highest BCUT2D eigenvalue weighted by Crippen LogP contribution is 2.30. The van der Waals surface area contributed by atoms with Crippen LogP contribution in [0, 0.1) is 0 Å². The first-order chi connectivity index (χ1) is 17.8. The number of hydrazine groups is 1. The number of amides is 3. The fourth-order valence-electron chi connectivity index (χ4n) is 3.97. The summed E-state index contributed by atoms with van der Waals surface area (Å²) in [5.74, 6) is 0.159. The molecule has 0 atom stereocenters. The summed E-state index contributed by atoms with van der Waals surface area (Å²) in [5.41, 5.74) is 11.4. The predicted molar refractivity (Wildman–Crippen MR) is 144 cm³/mol. The summed E-state index contributed by atoms with van der Waals surface area (Å²) in [4.78, 5) is 45.7. The summed E-state index contributed by atoms with van der Waals surface area (Å²) in [6.07, 6.45) is -0.967. The van der Waals surface area contributed by atoms with E-state index in [0.29, 0.717) is 30.3 Å². The zero-order valence-electron chi connectivity index (χ0n) is 22.8. The van der Waals surface area contributed by atoms with Crippen LogP contribution in [0.3, 0.4) is 0 Å². The van der Waals surface area contributed by atoms with Crippen molar-refractivity contribution in [3.8, 4) is 0 Å². The maximum Gasteiger partial charge on any atom is 0.426 e. The van der Waals surface area contributed by atoms with Crippen molar-refractivity contribution < 1.29 is 23.9 Å². The summed E-state index contributed by atoms with van der Waals surface area (Å²) < 4.78 is 12.7. The number of carbonyl (C=O) groups is 3. The van der Waals surface area contributed by atoms with Crippen LogP contribution in [0.4, 0.5) is 10.6 Å². The maximum absolute atomic E-state index is 12.7. The van der Waals surface area contributed by atoms with Crippen LogP contribution in [0.25, 0.3) is 21.9 Å². The monoisotopic (exact) mass is 527 g/mol. The van der Waals surface area contributed by atoms with Crippen molar-refractivity contribution in [3.05, 3.63) is 30.1 Å². The molecule has 12 nitrogen and oxygen atoms in total. The van der Waals surface area contributed by atoms with Crippen LogP contribution in [0.5, 0.6) is 0 Å². The van der Waals surface area contributed by atoms with E-state index >= 15 is 0 Å². The third-order valence-electron chi connectivity index (χ3n) is 5.44. The van der Waals surface area contributed by atoms with Crippen LogP contribution < -0.4 is 21.9 Å². The lowest BCUT2D eigenvalue weighted by Crippen LogP contribution is -2.47. The van der Waals surface area contributed by atoms with Gasteiger partial charge in [-0.25, -0.2) is 20.2 Å². The van der Waals surface area contributed by atoms with Crippen molar-refractivity contribution in [2.45, 2.75) is 78.7 Å². The molecule has 0 unspecified atom stereocenters. The highest BCUT2D eigenvalue weighted by Gasteiger charge is 2.26. The van der Waals surface area contributed by atoms with E-state index in [1.54, 1.807) is 20.8 Å². The summed E-state index contributed by atoms with van der Waals surface area (Å²) in [5, 5.41) is 3.88. The minimum atomic E-state index is -0.782. The molecule has 0 saturated carbocycles. The second kappa shape index (κ2) is 11.6. The number of nitrogens with zero attached hydrogens (tertiary/aromatic N) is 3. The van der Waals surface area contributed by atoms with Gasteiger partial charge in [-0.1, -0.05) is 18.2 Å². The number of pyridine rings is 1. The molecule has 2 heterocycles. The molecule has 0 saturated heterocycles. The van der Waals surface area contributed by atoms with E-state index in [-0.39, 0.29) is 25.4 Å². The first kappa shape index (κ1) is 28.6. The van der Waals surface area contributed by atoms with Gasteiger partial charge in [-0.05, 0) is 47.6 Å². The number of imidazole rings is 1. The van der Waals surface area contributed by atoms with Crippen LogP contribution in [0.2, 0.25) is 0 Å². The number of para-hydroxylation sites is 1. The highest BCUT2D eigenvalue weighted by atomic mass is 16.6. The Labute approximate surface area is 221 Å². The van der Waals surface area contributed by atoms with Crippen molar-refractivity contribution in [3.63, 3.8) is 0 Å². The van der Waals surface area contributed by atoms with Crippen LogP contribution in [0.15, 0.2) is 24.3 Å². The molecule has 0 bridgehead atoms. The van der Waals surface area contributed by atoms with Gasteiger partial charge in [0.15, 0.2) is 5.82 Å². The standard InChI is InChI=1S/C26H37N7O5/c1-7-37-14-18-29-21-22(16-10-8-9-11-17(16)28-23(21)27)33(18)15-26(5,6)30-19(34)12-13-20(35)31-32-24(36)38-25(2,3)4/h8-11H,7,12-15H2,1-6H3,(H2,27,28)(H,30,34)(H,31,35)(H,32,36). The number of hydrogen-bond donors (Lipinski definition) is 4. The fraction of sp³-hybridized carbons (Fsp3) is 0.500. The second-order valence-electron chi connectivity index (χ2n) is 10.6. The van der Waals surface area contributed by atoms with Gasteiger partial charge in [0.2, 0.25) is 11.8 Å². The van der Waals surface area contributed by atoms with E-state index in [1.165, 1.54) is 0 Å². The topological polar surface area (TPSA) is 162 Å². The maximum atomic E-state index is 12.7. The quantitative estimate of drug-likeness (QED) is 0.309. The predicted octanol–water partition coefficient (Wildman–Crippen LogP) is 2.93. The zero-order valence-corrected chi connectivity index (χ0v) is 22.8. The molecular weight excluding hydrogens is 490 g/mol. The molecule has 3 rings (SSSR count). The SMILES string of the molecule is CCOCc1nc2c(N)nc3ccccc3c2n1CC(C)(C)NC(=O)CCC(=O)NNC(=O)OC(C)(C)C. The Bertz CT molecular complexity index is 1330. The number of benzene rings is 1. The van der Waals surface area contributed by atoms with E-state index in [0.717, 1.165) is 16.4 Å². The number of hydrogen-bond acceptors (Lipinski definition) is 8. The average Bonchev–Trinajstić information content (AvgIpc) is 3.17. The van der Waals surface area contributed by atoms with Crippen LogP contribution in [-0.4, -0.2) is 50.2 Å². The van der Waals surface area contributed by atoms with Gasteiger partial charge in [0.25, 0.3) is 0 Å². The van der Waals surface area contributed by atoms with E-state index in [9.17, 15) is 14.4 Å². The molecule has 12 heteroatoms. The van der Waals surface area contributed by atoms with Crippen molar-refractivity contribution in [2.75, 3.05) is 12.3 Å². The molecule has 2 aromatic heterocycles. The number of nitrogen functional groups attached to an aromatic ring is 1. The van der Waals surface area contributed by atoms with Gasteiger partial charge in [-0.3, -0.25) is 15.0 Å². The molecule has 0 aliphatic carbocycles. The number of anilines is 1. The van der Waals surface area contributed by atoms with Gasteiger partial charge >= 0.3 is 6.09 Å². The first-order valence-corrected chi connectivity index (χ1v) is 12.5. The number of nitrogens with two attached hydrogens (primary N) is 1. The Kier molecular flexibility index (Phi) is 8.77. The van der Waals surface area contributed by atoms with Crippen molar-refractivity contribution in [1.29, 1.82) is 0 Å². The largest absolute Gasteiger partial charge is 0.443 e. The van der Waals surface area contributed by atoms with Gasteiger partial charge in [0, 0.05) is 31.4 Å². The van der Waals surface area contributed by atoms with Crippen LogP contribution in [0.1, 0.15) is 60.2 Å². The molecule has 5 N–H and O–H groups in total. The van der Waals surface area contributed by atoms with Gasteiger partial charge in [0.05, 0.1) is 16.6 Å². The van der Waals surface area contributed by atoms with E-state index in [4.69, 9.17) is 20.2 Å². The smallest absolute Gasteiger partial charge is 0.426 e. The van der Waals surface area contributed by atoms with E-state index < -0.39 is 23.1 Å². The molecule has 3 aromatic rings. The number of aromatic nitrogens is 3. The van der Waals surface area contributed by atoms with Gasteiger partial charge in [0.1, 0.15) is 23.5 Å². The van der Waals surface area contributed by atoms with Crippen LogP contribution >= 0.6 is 0 Å². The molecule has 3 amide bonds. The lowest BCUT2D eigenvalue weighted by Gasteiger charge is -2.28. The molecular formula is C26H37N7O5. The summed E-state index contributed by atoms with van der Waals surface area (Å²) in [6.45, 7) is 12.0. The molecule has 0 radical (unpaired) electrons. The van der Waals surface area contributed by atoms with Crippen molar-refractivity contribution in [1.82, 2.24) is 30.7 Å². The fourth-order valence-corrected chi connectivity index (χ4v) is 3.97. The number of carbonyl (C=O) groups excluding carboxylic acids is 3. The minimum absolute atomic E-state index is 0.0679. The summed E-state index contributed by atoms with van der Waals surface area (Å²) in [6, 6.07) is 7.67. The Balaban J connectivity index is 1.71. The van der Waals surface area contributed by atoms with Crippen molar-refractivity contribution in [2.24, 2.45) is 0 Å². The average molecular weight is 528 g/mol. The molecule has 0 aliphatic rings. The molecule has 0 fully saturated rings. The molecule has 0 spiro atoms. The van der Waals surface area contributed by atoms with Gasteiger partial charge in [-0.15, -0.1) is 0 Å². The highest BCUT2D eigenvalue weighted by molar-refractivity contribution is 6.06. The van der Waals surface area contributed by atoms with Gasteiger partial charge < -0.3 is 25.1 Å². The lowest BCUT2D eigenvalue weighted by atomic mass is 10.0. The number of fused-ring (bicyclic) bond motifs is 3. The Morgan fingerprint density at radius 3 is 2.37 bits per heavy atom. The number of nitrogens with one attached hydrogen (secondary N) is 3. The lowest BCUT2D eigenvalue weighted by molar-refractivity contribution is -0.127. The third-order valence-corrected chi connectivity index (χ3v) is 5.44. The molecule has 0 aliphatic heterocycles.